The molecule has 0 N–H and O–H groups in total. The first-order valence-electron chi connectivity index (χ1n) is 5.06. The van der Waals surface area contributed by atoms with Gasteiger partial charge in [-0.05, 0) is 27.7 Å². The maximum Gasteiger partial charge on any atom is 0.558 e. The molecule has 2 aliphatic heterocycles. The molecule has 0 aliphatic carbocycles. The standard InChI is InChI=1S/C9H17BFNO2/c1-8(2)9(3,4)14-10(13-8)12-5-7(11)6-12/h7H,5-6H2,1-4H3. The van der Waals surface area contributed by atoms with Crippen LogP contribution >= 0.6 is 0 Å². The molecule has 0 unspecified atom stereocenters. The van der Waals surface area contributed by atoms with Crippen molar-refractivity contribution in [1.82, 2.24) is 4.81 Å². The van der Waals surface area contributed by atoms with E-state index in [1.807, 2.05) is 32.5 Å². The molecule has 2 aliphatic rings. The Morgan fingerprint density at radius 3 is 1.93 bits per heavy atom. The largest absolute Gasteiger partial charge is 0.558 e. The molecule has 0 bridgehead atoms. The molecule has 2 heterocycles. The molecule has 80 valence electrons. The Labute approximate surface area is 84.7 Å². The number of nitrogens with zero attached hydrogens (tertiary/aromatic N) is 1. The third kappa shape index (κ3) is 1.47. The number of halogens is 1. The molecule has 0 aromatic rings. The summed E-state index contributed by atoms with van der Waals surface area (Å²) in [7, 11) is -0.369. The minimum absolute atomic E-state index is 0.320. The third-order valence-corrected chi connectivity index (χ3v) is 3.40. The van der Waals surface area contributed by atoms with Crippen molar-refractivity contribution in [3.8, 4) is 0 Å². The summed E-state index contributed by atoms with van der Waals surface area (Å²) in [6, 6.07) is 0. The lowest BCUT2D eigenvalue weighted by Crippen LogP contribution is -2.57. The predicted molar refractivity (Wildman–Crippen MR) is 52.6 cm³/mol. The molecular weight excluding hydrogens is 184 g/mol. The number of alkyl halides is 1. The molecule has 0 spiro atoms. The van der Waals surface area contributed by atoms with Gasteiger partial charge in [-0.3, -0.25) is 4.81 Å². The summed E-state index contributed by atoms with van der Waals surface area (Å²) in [4.78, 5) is 1.88. The van der Waals surface area contributed by atoms with Crippen molar-refractivity contribution < 1.29 is 13.7 Å². The van der Waals surface area contributed by atoms with Crippen LogP contribution in [-0.4, -0.2) is 42.5 Å². The lowest BCUT2D eigenvalue weighted by atomic mass is 9.90. The molecule has 0 amide bonds. The zero-order valence-corrected chi connectivity index (χ0v) is 9.21. The number of rotatable bonds is 1. The van der Waals surface area contributed by atoms with Crippen molar-refractivity contribution in [2.45, 2.75) is 45.1 Å². The summed E-state index contributed by atoms with van der Waals surface area (Å²) >= 11 is 0. The van der Waals surface area contributed by atoms with Crippen molar-refractivity contribution in [2.75, 3.05) is 13.1 Å². The lowest BCUT2D eigenvalue weighted by molar-refractivity contribution is 0.00578. The van der Waals surface area contributed by atoms with Crippen LogP contribution < -0.4 is 0 Å². The van der Waals surface area contributed by atoms with Gasteiger partial charge in [-0.25, -0.2) is 4.39 Å². The van der Waals surface area contributed by atoms with Crippen LogP contribution in [0.3, 0.4) is 0 Å². The van der Waals surface area contributed by atoms with Gasteiger partial charge in [-0.2, -0.15) is 0 Å². The summed E-state index contributed by atoms with van der Waals surface area (Å²) in [6.07, 6.45) is -0.714. The monoisotopic (exact) mass is 201 g/mol. The van der Waals surface area contributed by atoms with Gasteiger partial charge >= 0.3 is 7.25 Å². The molecule has 3 nitrogen and oxygen atoms in total. The quantitative estimate of drug-likeness (QED) is 0.595. The van der Waals surface area contributed by atoms with E-state index in [0.717, 1.165) is 0 Å². The van der Waals surface area contributed by atoms with Gasteiger partial charge in [0.1, 0.15) is 6.17 Å². The maximum atomic E-state index is 12.7. The fourth-order valence-electron chi connectivity index (χ4n) is 1.59. The van der Waals surface area contributed by atoms with E-state index in [1.54, 1.807) is 0 Å². The van der Waals surface area contributed by atoms with Gasteiger partial charge in [-0.15, -0.1) is 0 Å². The van der Waals surface area contributed by atoms with Crippen LogP contribution in [-0.2, 0) is 9.31 Å². The van der Waals surface area contributed by atoms with Gasteiger partial charge in [0.25, 0.3) is 0 Å². The summed E-state index contributed by atoms with van der Waals surface area (Å²) in [5, 5.41) is 0. The third-order valence-electron chi connectivity index (χ3n) is 3.40. The fourth-order valence-corrected chi connectivity index (χ4v) is 1.59. The topological polar surface area (TPSA) is 21.7 Å². The highest BCUT2D eigenvalue weighted by Gasteiger charge is 2.55. The van der Waals surface area contributed by atoms with E-state index < -0.39 is 6.17 Å². The summed E-state index contributed by atoms with van der Waals surface area (Å²) in [5.74, 6) is 0. The smallest absolute Gasteiger partial charge is 0.389 e. The molecule has 0 radical (unpaired) electrons. The zero-order valence-electron chi connectivity index (χ0n) is 9.21. The van der Waals surface area contributed by atoms with Gasteiger partial charge < -0.3 is 9.31 Å². The molecule has 0 saturated carbocycles. The highest BCUT2D eigenvalue weighted by atomic mass is 19.1. The Kier molecular flexibility index (Phi) is 2.18. The summed E-state index contributed by atoms with van der Waals surface area (Å²) < 4.78 is 24.2. The van der Waals surface area contributed by atoms with Crippen LogP contribution in [0.15, 0.2) is 0 Å². The second-order valence-electron chi connectivity index (χ2n) is 5.11. The minimum Gasteiger partial charge on any atom is -0.389 e. The van der Waals surface area contributed by atoms with E-state index in [2.05, 4.69) is 0 Å². The molecule has 0 aromatic heterocycles. The number of hydrogen-bond donors (Lipinski definition) is 0. The first kappa shape index (κ1) is 10.4. The van der Waals surface area contributed by atoms with Crippen LogP contribution in [0.5, 0.6) is 0 Å². The van der Waals surface area contributed by atoms with Gasteiger partial charge in [-0.1, -0.05) is 0 Å². The average molecular weight is 201 g/mol. The first-order valence-corrected chi connectivity index (χ1v) is 5.06. The maximum absolute atomic E-state index is 12.7. The Balaban J connectivity index is 2.00. The van der Waals surface area contributed by atoms with Crippen molar-refractivity contribution in [3.05, 3.63) is 0 Å². The normalized spacial score (nSPS) is 31.9. The lowest BCUT2D eigenvalue weighted by Gasteiger charge is -2.35. The van der Waals surface area contributed by atoms with E-state index in [9.17, 15) is 4.39 Å². The SMILES string of the molecule is CC1(C)OB(N2CC(F)C2)OC1(C)C. The fraction of sp³-hybridized carbons (Fsp3) is 1.00. The van der Waals surface area contributed by atoms with Gasteiger partial charge in [0.05, 0.1) is 11.2 Å². The van der Waals surface area contributed by atoms with E-state index in [-0.39, 0.29) is 18.5 Å². The second-order valence-corrected chi connectivity index (χ2v) is 5.11. The van der Waals surface area contributed by atoms with Gasteiger partial charge in [0, 0.05) is 13.1 Å². The van der Waals surface area contributed by atoms with Crippen molar-refractivity contribution in [2.24, 2.45) is 0 Å². The minimum atomic E-state index is -0.714. The van der Waals surface area contributed by atoms with Gasteiger partial charge in [0.15, 0.2) is 0 Å². The van der Waals surface area contributed by atoms with E-state index in [0.29, 0.717) is 13.1 Å². The van der Waals surface area contributed by atoms with E-state index >= 15 is 0 Å². The molecule has 0 atom stereocenters. The van der Waals surface area contributed by atoms with Crippen LogP contribution in [0.25, 0.3) is 0 Å². The summed E-state index contributed by atoms with van der Waals surface area (Å²) in [6.45, 7) is 8.85. The van der Waals surface area contributed by atoms with E-state index in [4.69, 9.17) is 9.31 Å². The molecule has 14 heavy (non-hydrogen) atoms. The van der Waals surface area contributed by atoms with Crippen molar-refractivity contribution in [3.63, 3.8) is 0 Å². The molecule has 0 aromatic carbocycles. The predicted octanol–water partition coefficient (Wildman–Crippen LogP) is 1.23. The van der Waals surface area contributed by atoms with Crippen LogP contribution in [0.4, 0.5) is 4.39 Å². The van der Waals surface area contributed by atoms with Crippen LogP contribution in [0.1, 0.15) is 27.7 Å². The molecule has 2 saturated heterocycles. The molecule has 2 fully saturated rings. The highest BCUT2D eigenvalue weighted by Crippen LogP contribution is 2.38. The van der Waals surface area contributed by atoms with Crippen LogP contribution in [0, 0.1) is 0 Å². The summed E-state index contributed by atoms with van der Waals surface area (Å²) in [5.41, 5.74) is -0.641. The second kappa shape index (κ2) is 2.93. The Bertz CT molecular complexity index is 225. The molecule has 2 rings (SSSR count). The van der Waals surface area contributed by atoms with Crippen molar-refractivity contribution >= 4 is 7.25 Å². The molecule has 5 heteroatoms. The average Bonchev–Trinajstić information content (AvgIpc) is 2.15. The Morgan fingerprint density at radius 2 is 1.57 bits per heavy atom. The van der Waals surface area contributed by atoms with Gasteiger partial charge in [0.2, 0.25) is 0 Å². The van der Waals surface area contributed by atoms with Crippen molar-refractivity contribution in [1.29, 1.82) is 0 Å². The highest BCUT2D eigenvalue weighted by molar-refractivity contribution is 6.42. The van der Waals surface area contributed by atoms with E-state index in [1.165, 1.54) is 0 Å². The zero-order chi connectivity index (χ0) is 10.6. The Morgan fingerprint density at radius 1 is 1.14 bits per heavy atom. The Hall–Kier alpha value is -0.125. The van der Waals surface area contributed by atoms with Crippen LogP contribution in [0.2, 0.25) is 0 Å². The molecular formula is C9H17BFNO2. The first-order chi connectivity index (χ1) is 6.32. The number of hydrogen-bond acceptors (Lipinski definition) is 3.